The van der Waals surface area contributed by atoms with Crippen molar-refractivity contribution in [2.45, 2.75) is 19.3 Å². The summed E-state index contributed by atoms with van der Waals surface area (Å²) in [7, 11) is 2.25. The van der Waals surface area contributed by atoms with Crippen molar-refractivity contribution in [2.75, 3.05) is 46.4 Å². The second kappa shape index (κ2) is 4.28. The van der Waals surface area contributed by atoms with Gasteiger partial charge < -0.3 is 15.0 Å². The van der Waals surface area contributed by atoms with Gasteiger partial charge in [0.25, 0.3) is 0 Å². The van der Waals surface area contributed by atoms with Crippen molar-refractivity contribution in [3.63, 3.8) is 0 Å². The molecular weight excluding hydrogens is 200 g/mol. The topological polar surface area (TPSA) is 24.5 Å². The molecule has 2 saturated heterocycles. The average Bonchev–Trinajstić information content (AvgIpc) is 2.87. The molecule has 0 aromatic carbocycles. The van der Waals surface area contributed by atoms with Crippen LogP contribution in [0.5, 0.6) is 0 Å². The molecule has 0 radical (unpaired) electrons. The predicted octanol–water partition coefficient (Wildman–Crippen LogP) is 0.954. The maximum absolute atomic E-state index is 5.92. The zero-order chi connectivity index (χ0) is 11.0. The molecule has 3 heteroatoms. The van der Waals surface area contributed by atoms with E-state index in [4.69, 9.17) is 4.74 Å². The lowest BCUT2D eigenvalue weighted by atomic mass is 9.78. The maximum Gasteiger partial charge on any atom is 0.0512 e. The molecule has 1 aliphatic carbocycles. The van der Waals surface area contributed by atoms with Gasteiger partial charge in [0.2, 0.25) is 0 Å². The molecule has 16 heavy (non-hydrogen) atoms. The van der Waals surface area contributed by atoms with Crippen molar-refractivity contribution in [1.29, 1.82) is 0 Å². The number of ether oxygens (including phenoxy) is 1. The number of hydrogen-bond acceptors (Lipinski definition) is 3. The number of hydrogen-bond donors (Lipinski definition) is 1. The monoisotopic (exact) mass is 224 g/mol. The van der Waals surface area contributed by atoms with E-state index in [0.29, 0.717) is 5.41 Å². The summed E-state index contributed by atoms with van der Waals surface area (Å²) in [4.78, 5) is 2.48. The third-order valence-corrected chi connectivity index (χ3v) is 4.63. The molecule has 0 unspecified atom stereocenters. The molecule has 0 aromatic rings. The van der Waals surface area contributed by atoms with Crippen LogP contribution < -0.4 is 5.32 Å². The molecule has 3 nitrogen and oxygen atoms in total. The highest BCUT2D eigenvalue weighted by molar-refractivity contribution is 5.00. The van der Waals surface area contributed by atoms with E-state index in [-0.39, 0.29) is 0 Å². The summed E-state index contributed by atoms with van der Waals surface area (Å²) in [5.74, 6) is 1.66. The SMILES string of the molecule is CN1C[C@H](COCC2CC2)[C@]2(CCNC2)C1. The van der Waals surface area contributed by atoms with Crippen molar-refractivity contribution in [2.24, 2.45) is 17.3 Å². The second-order valence-electron chi connectivity index (χ2n) is 6.16. The average molecular weight is 224 g/mol. The van der Waals surface area contributed by atoms with Crippen molar-refractivity contribution in [1.82, 2.24) is 10.2 Å². The number of rotatable bonds is 4. The van der Waals surface area contributed by atoms with Crippen LogP contribution in [0.3, 0.4) is 0 Å². The fourth-order valence-electron chi connectivity index (χ4n) is 3.44. The van der Waals surface area contributed by atoms with E-state index in [9.17, 15) is 0 Å². The molecule has 2 atom stereocenters. The van der Waals surface area contributed by atoms with Gasteiger partial charge in [-0.3, -0.25) is 0 Å². The van der Waals surface area contributed by atoms with Gasteiger partial charge in [0.05, 0.1) is 6.61 Å². The highest BCUT2D eigenvalue weighted by Gasteiger charge is 2.47. The van der Waals surface area contributed by atoms with E-state index >= 15 is 0 Å². The summed E-state index contributed by atoms with van der Waals surface area (Å²) in [6.07, 6.45) is 4.14. The maximum atomic E-state index is 5.92. The van der Waals surface area contributed by atoms with Gasteiger partial charge in [-0.25, -0.2) is 0 Å². The van der Waals surface area contributed by atoms with Crippen LogP contribution in [-0.2, 0) is 4.74 Å². The van der Waals surface area contributed by atoms with Crippen LogP contribution in [0.4, 0.5) is 0 Å². The van der Waals surface area contributed by atoms with Gasteiger partial charge in [0, 0.05) is 37.6 Å². The van der Waals surface area contributed by atoms with E-state index in [1.807, 2.05) is 0 Å². The van der Waals surface area contributed by atoms with Gasteiger partial charge in [-0.2, -0.15) is 0 Å². The molecule has 2 aliphatic heterocycles. The Morgan fingerprint density at radius 3 is 2.94 bits per heavy atom. The van der Waals surface area contributed by atoms with Gasteiger partial charge in [0.1, 0.15) is 0 Å². The zero-order valence-electron chi connectivity index (χ0n) is 10.4. The first-order valence-corrected chi connectivity index (χ1v) is 6.75. The van der Waals surface area contributed by atoms with Crippen LogP contribution >= 0.6 is 0 Å². The summed E-state index contributed by atoms with van der Waals surface area (Å²) < 4.78 is 5.92. The summed E-state index contributed by atoms with van der Waals surface area (Å²) >= 11 is 0. The van der Waals surface area contributed by atoms with Crippen molar-refractivity contribution >= 4 is 0 Å². The first kappa shape index (κ1) is 11.0. The van der Waals surface area contributed by atoms with Crippen molar-refractivity contribution in [3.8, 4) is 0 Å². The quantitative estimate of drug-likeness (QED) is 0.769. The molecule has 0 bridgehead atoms. The van der Waals surface area contributed by atoms with Crippen LogP contribution in [0.15, 0.2) is 0 Å². The highest BCUT2D eigenvalue weighted by Crippen LogP contribution is 2.41. The van der Waals surface area contributed by atoms with Gasteiger partial charge in [-0.05, 0) is 38.8 Å². The summed E-state index contributed by atoms with van der Waals surface area (Å²) in [5, 5.41) is 3.53. The van der Waals surface area contributed by atoms with Crippen LogP contribution in [0, 0.1) is 17.3 Å². The molecular formula is C13H24N2O. The Morgan fingerprint density at radius 2 is 2.25 bits per heavy atom. The lowest BCUT2D eigenvalue weighted by Gasteiger charge is -2.29. The smallest absolute Gasteiger partial charge is 0.0512 e. The van der Waals surface area contributed by atoms with E-state index < -0.39 is 0 Å². The molecule has 1 saturated carbocycles. The molecule has 92 valence electrons. The minimum Gasteiger partial charge on any atom is -0.381 e. The van der Waals surface area contributed by atoms with E-state index in [1.54, 1.807) is 0 Å². The molecule has 3 rings (SSSR count). The Kier molecular flexibility index (Phi) is 2.94. The first-order valence-electron chi connectivity index (χ1n) is 6.75. The lowest BCUT2D eigenvalue weighted by molar-refractivity contribution is 0.0598. The van der Waals surface area contributed by atoms with Gasteiger partial charge in [-0.1, -0.05) is 0 Å². The zero-order valence-corrected chi connectivity index (χ0v) is 10.4. The second-order valence-corrected chi connectivity index (χ2v) is 6.16. The molecule has 3 fully saturated rings. The van der Waals surface area contributed by atoms with E-state index in [2.05, 4.69) is 17.3 Å². The molecule has 3 aliphatic rings. The number of likely N-dealkylation sites (tertiary alicyclic amines) is 1. The standard InChI is InChI=1S/C13H24N2O/c1-15-6-12(8-16-7-11-2-3-11)13(10-15)4-5-14-9-13/h11-12,14H,2-10H2,1H3/t12-,13+/m1/s1. The fourth-order valence-corrected chi connectivity index (χ4v) is 3.44. The Balaban J connectivity index is 1.54. The molecule has 2 heterocycles. The third kappa shape index (κ3) is 2.13. The molecule has 0 aromatic heterocycles. The minimum absolute atomic E-state index is 0.526. The summed E-state index contributed by atoms with van der Waals surface area (Å²) in [6, 6.07) is 0. The third-order valence-electron chi connectivity index (χ3n) is 4.63. The Labute approximate surface area is 98.5 Å². The molecule has 1 spiro atoms. The van der Waals surface area contributed by atoms with Crippen molar-refractivity contribution < 1.29 is 4.74 Å². The van der Waals surface area contributed by atoms with Gasteiger partial charge in [0.15, 0.2) is 0 Å². The Morgan fingerprint density at radius 1 is 1.38 bits per heavy atom. The minimum atomic E-state index is 0.526. The van der Waals surface area contributed by atoms with Gasteiger partial charge in [-0.15, -0.1) is 0 Å². The van der Waals surface area contributed by atoms with E-state index in [0.717, 1.165) is 25.0 Å². The number of nitrogens with zero attached hydrogens (tertiary/aromatic N) is 1. The van der Waals surface area contributed by atoms with Crippen LogP contribution in [0.1, 0.15) is 19.3 Å². The lowest BCUT2D eigenvalue weighted by Crippen LogP contribution is -2.35. The highest BCUT2D eigenvalue weighted by atomic mass is 16.5. The van der Waals surface area contributed by atoms with Gasteiger partial charge >= 0.3 is 0 Å². The normalized spacial score (nSPS) is 39.9. The summed E-state index contributed by atoms with van der Waals surface area (Å²) in [5.41, 5.74) is 0.526. The molecule has 0 amide bonds. The van der Waals surface area contributed by atoms with Crippen LogP contribution in [-0.4, -0.2) is 51.3 Å². The van der Waals surface area contributed by atoms with Crippen molar-refractivity contribution in [3.05, 3.63) is 0 Å². The number of nitrogens with one attached hydrogen (secondary N) is 1. The molecule has 1 N–H and O–H groups in total. The Bertz CT molecular complexity index is 246. The largest absolute Gasteiger partial charge is 0.381 e. The Hall–Kier alpha value is -0.120. The fraction of sp³-hybridized carbons (Fsp3) is 1.00. The predicted molar refractivity (Wildman–Crippen MR) is 64.4 cm³/mol. The summed E-state index contributed by atoms with van der Waals surface area (Å²) in [6.45, 7) is 6.90. The van der Waals surface area contributed by atoms with E-state index in [1.165, 1.54) is 45.4 Å². The van der Waals surface area contributed by atoms with Crippen LogP contribution in [0.2, 0.25) is 0 Å². The first-order chi connectivity index (χ1) is 7.78. The van der Waals surface area contributed by atoms with Crippen LogP contribution in [0.25, 0.3) is 0 Å².